The van der Waals surface area contributed by atoms with Gasteiger partial charge in [0, 0.05) is 19.3 Å². The van der Waals surface area contributed by atoms with E-state index in [1.807, 2.05) is 6.07 Å². The summed E-state index contributed by atoms with van der Waals surface area (Å²) in [4.78, 5) is 10.4. The van der Waals surface area contributed by atoms with Gasteiger partial charge in [-0.1, -0.05) is 13.8 Å². The first-order chi connectivity index (χ1) is 7.80. The highest BCUT2D eigenvalue weighted by Gasteiger charge is 1.99. The number of nitrogens with one attached hydrogen (secondary N) is 2. The third-order valence-electron chi connectivity index (χ3n) is 2.41. The van der Waals surface area contributed by atoms with E-state index in [1.54, 1.807) is 6.20 Å². The van der Waals surface area contributed by atoms with Crippen molar-refractivity contribution >= 4 is 11.8 Å². The highest BCUT2D eigenvalue weighted by molar-refractivity contribution is 5.38. The van der Waals surface area contributed by atoms with E-state index < -0.39 is 0 Å². The van der Waals surface area contributed by atoms with E-state index in [0.717, 1.165) is 32.0 Å². The summed E-state index contributed by atoms with van der Waals surface area (Å²) in [6.45, 7) is 8.31. The lowest BCUT2D eigenvalue weighted by Crippen LogP contribution is -2.28. The van der Waals surface area contributed by atoms with Crippen LogP contribution >= 0.6 is 0 Å². The molecule has 0 aliphatic heterocycles. The molecule has 0 aliphatic carbocycles. The molecule has 4 N–H and O–H groups in total. The van der Waals surface area contributed by atoms with Crippen molar-refractivity contribution < 1.29 is 0 Å². The molecule has 16 heavy (non-hydrogen) atoms. The Morgan fingerprint density at radius 2 is 2.12 bits per heavy atom. The SMILES string of the molecule is CCN(CC)CCNc1ccnc(NN)n1. The molecule has 1 rings (SSSR count). The van der Waals surface area contributed by atoms with E-state index in [2.05, 4.69) is 39.5 Å². The average molecular weight is 224 g/mol. The predicted octanol–water partition coefficient (Wildman–Crippen LogP) is 0.516. The lowest BCUT2D eigenvalue weighted by atomic mass is 10.4. The Labute approximate surface area is 96.2 Å². The van der Waals surface area contributed by atoms with E-state index >= 15 is 0 Å². The minimum atomic E-state index is 0.424. The number of hydrazine groups is 1. The standard InChI is InChI=1S/C10H20N6/c1-3-16(4-2)8-7-12-9-5-6-13-10(14-9)15-11/h5-6H,3-4,7-8,11H2,1-2H3,(H2,12,13,14,15). The monoisotopic (exact) mass is 224 g/mol. The molecule has 0 aromatic carbocycles. The molecule has 0 unspecified atom stereocenters. The first-order valence-electron chi connectivity index (χ1n) is 5.56. The van der Waals surface area contributed by atoms with Crippen molar-refractivity contribution in [3.8, 4) is 0 Å². The lowest BCUT2D eigenvalue weighted by Gasteiger charge is -2.18. The van der Waals surface area contributed by atoms with Crippen LogP contribution in [0.5, 0.6) is 0 Å². The Morgan fingerprint density at radius 3 is 2.75 bits per heavy atom. The Kier molecular flexibility index (Phi) is 5.52. The van der Waals surface area contributed by atoms with Crippen molar-refractivity contribution in [2.24, 2.45) is 5.84 Å². The number of hydrogen-bond donors (Lipinski definition) is 3. The van der Waals surface area contributed by atoms with Crippen molar-refractivity contribution in [3.05, 3.63) is 12.3 Å². The highest BCUT2D eigenvalue weighted by Crippen LogP contribution is 2.03. The van der Waals surface area contributed by atoms with E-state index in [-0.39, 0.29) is 0 Å². The average Bonchev–Trinajstić information content (AvgIpc) is 2.35. The second-order valence-corrected chi connectivity index (χ2v) is 3.36. The Morgan fingerprint density at radius 1 is 1.38 bits per heavy atom. The molecule has 0 atom stereocenters. The van der Waals surface area contributed by atoms with Crippen LogP contribution in [-0.4, -0.2) is 41.0 Å². The molecule has 0 saturated carbocycles. The Balaban J connectivity index is 2.36. The molecule has 1 aromatic rings. The summed E-state index contributed by atoms with van der Waals surface area (Å²) < 4.78 is 0. The van der Waals surface area contributed by atoms with E-state index in [4.69, 9.17) is 5.84 Å². The fourth-order valence-electron chi connectivity index (χ4n) is 1.41. The molecule has 6 nitrogen and oxygen atoms in total. The maximum Gasteiger partial charge on any atom is 0.239 e. The van der Waals surface area contributed by atoms with E-state index in [1.165, 1.54) is 0 Å². The van der Waals surface area contributed by atoms with Gasteiger partial charge >= 0.3 is 0 Å². The van der Waals surface area contributed by atoms with Crippen molar-refractivity contribution in [1.29, 1.82) is 0 Å². The summed E-state index contributed by atoms with van der Waals surface area (Å²) >= 11 is 0. The summed E-state index contributed by atoms with van der Waals surface area (Å²) in [6, 6.07) is 1.82. The molecular weight excluding hydrogens is 204 g/mol. The number of hydrogen-bond acceptors (Lipinski definition) is 6. The minimum Gasteiger partial charge on any atom is -0.369 e. The van der Waals surface area contributed by atoms with Crippen LogP contribution in [0.2, 0.25) is 0 Å². The molecule has 90 valence electrons. The smallest absolute Gasteiger partial charge is 0.239 e. The fraction of sp³-hybridized carbons (Fsp3) is 0.600. The van der Waals surface area contributed by atoms with Gasteiger partial charge in [-0.15, -0.1) is 0 Å². The third kappa shape index (κ3) is 4.00. The van der Waals surface area contributed by atoms with Crippen molar-refractivity contribution in [2.45, 2.75) is 13.8 Å². The van der Waals surface area contributed by atoms with Gasteiger partial charge in [0.15, 0.2) is 0 Å². The molecule has 6 heteroatoms. The summed E-state index contributed by atoms with van der Waals surface area (Å²) in [7, 11) is 0. The molecule has 1 heterocycles. The summed E-state index contributed by atoms with van der Waals surface area (Å²) in [5.41, 5.74) is 2.42. The van der Waals surface area contributed by atoms with Gasteiger partial charge in [-0.25, -0.2) is 10.8 Å². The van der Waals surface area contributed by atoms with Crippen LogP contribution in [0.4, 0.5) is 11.8 Å². The molecule has 0 bridgehead atoms. The molecule has 0 radical (unpaired) electrons. The normalized spacial score (nSPS) is 10.5. The lowest BCUT2D eigenvalue weighted by molar-refractivity contribution is 0.316. The topological polar surface area (TPSA) is 79.1 Å². The van der Waals surface area contributed by atoms with Crippen LogP contribution in [-0.2, 0) is 0 Å². The van der Waals surface area contributed by atoms with Crippen molar-refractivity contribution in [1.82, 2.24) is 14.9 Å². The molecule has 0 saturated heterocycles. The van der Waals surface area contributed by atoms with Gasteiger partial charge in [0.1, 0.15) is 5.82 Å². The second kappa shape index (κ2) is 6.97. The van der Waals surface area contributed by atoms with Crippen LogP contribution in [0.1, 0.15) is 13.8 Å². The summed E-state index contributed by atoms with van der Waals surface area (Å²) in [5, 5.41) is 3.23. The molecule has 0 spiro atoms. The van der Waals surface area contributed by atoms with Gasteiger partial charge < -0.3 is 10.2 Å². The number of nitrogens with zero attached hydrogens (tertiary/aromatic N) is 3. The number of rotatable bonds is 7. The van der Waals surface area contributed by atoms with Crippen LogP contribution in [0.15, 0.2) is 12.3 Å². The van der Waals surface area contributed by atoms with E-state index in [0.29, 0.717) is 5.95 Å². The van der Waals surface area contributed by atoms with Crippen molar-refractivity contribution in [3.63, 3.8) is 0 Å². The third-order valence-corrected chi connectivity index (χ3v) is 2.41. The fourth-order valence-corrected chi connectivity index (χ4v) is 1.41. The maximum atomic E-state index is 5.23. The van der Waals surface area contributed by atoms with Crippen LogP contribution in [0.25, 0.3) is 0 Å². The molecule has 1 aromatic heterocycles. The number of nitrogen functional groups attached to an aromatic ring is 1. The second-order valence-electron chi connectivity index (χ2n) is 3.36. The van der Waals surface area contributed by atoms with E-state index in [9.17, 15) is 0 Å². The Hall–Kier alpha value is -1.40. The van der Waals surface area contributed by atoms with Crippen LogP contribution in [0.3, 0.4) is 0 Å². The summed E-state index contributed by atoms with van der Waals surface area (Å²) in [6.07, 6.45) is 1.67. The number of nitrogens with two attached hydrogens (primary N) is 1. The number of aromatic nitrogens is 2. The zero-order valence-corrected chi connectivity index (χ0v) is 9.90. The molecule has 0 amide bonds. The highest BCUT2D eigenvalue weighted by atomic mass is 15.3. The van der Waals surface area contributed by atoms with Crippen molar-refractivity contribution in [2.75, 3.05) is 36.9 Å². The largest absolute Gasteiger partial charge is 0.369 e. The first kappa shape index (κ1) is 12.7. The first-order valence-corrected chi connectivity index (χ1v) is 5.56. The Bertz CT molecular complexity index is 299. The summed E-state index contributed by atoms with van der Waals surface area (Å²) in [5.74, 6) is 6.44. The maximum absolute atomic E-state index is 5.23. The molecule has 0 aliphatic rings. The van der Waals surface area contributed by atoms with Gasteiger partial charge in [-0.05, 0) is 19.2 Å². The predicted molar refractivity (Wildman–Crippen MR) is 66.1 cm³/mol. The zero-order valence-electron chi connectivity index (χ0n) is 9.90. The van der Waals surface area contributed by atoms with Gasteiger partial charge in [-0.3, -0.25) is 5.43 Å². The van der Waals surface area contributed by atoms with Crippen LogP contribution < -0.4 is 16.6 Å². The number of anilines is 2. The van der Waals surface area contributed by atoms with Gasteiger partial charge in [0.2, 0.25) is 5.95 Å². The minimum absolute atomic E-state index is 0.424. The molecule has 0 fully saturated rings. The molecular formula is C10H20N6. The number of likely N-dealkylation sites (N-methyl/N-ethyl adjacent to an activating group) is 1. The van der Waals surface area contributed by atoms with Gasteiger partial charge in [0.05, 0.1) is 0 Å². The van der Waals surface area contributed by atoms with Gasteiger partial charge in [0.25, 0.3) is 0 Å². The van der Waals surface area contributed by atoms with Gasteiger partial charge in [-0.2, -0.15) is 4.98 Å². The van der Waals surface area contributed by atoms with Crippen LogP contribution in [0, 0.1) is 0 Å². The zero-order chi connectivity index (χ0) is 11.8. The quantitative estimate of drug-likeness (QED) is 0.463.